The number of amides is 1. The van der Waals surface area contributed by atoms with Gasteiger partial charge < -0.3 is 9.47 Å². The largest absolute Gasteiger partial charge is 0.343 e. The van der Waals surface area contributed by atoms with Crippen molar-refractivity contribution in [1.82, 2.24) is 19.4 Å². The first-order chi connectivity index (χ1) is 16.5. The van der Waals surface area contributed by atoms with Crippen molar-refractivity contribution >= 4 is 17.2 Å². The van der Waals surface area contributed by atoms with E-state index in [9.17, 15) is 9.59 Å². The summed E-state index contributed by atoms with van der Waals surface area (Å²) < 4.78 is 2.09. The minimum Gasteiger partial charge on any atom is -0.343 e. The summed E-state index contributed by atoms with van der Waals surface area (Å²) in [6, 6.07) is 15.4. The lowest BCUT2D eigenvalue weighted by Gasteiger charge is -2.26. The Kier molecular flexibility index (Phi) is 7.33. The molecule has 0 aliphatic heterocycles. The van der Waals surface area contributed by atoms with Crippen molar-refractivity contribution in [2.45, 2.75) is 39.3 Å². The van der Waals surface area contributed by atoms with Crippen LogP contribution in [0, 0.1) is 6.92 Å². The van der Waals surface area contributed by atoms with Crippen molar-refractivity contribution in [2.75, 3.05) is 7.05 Å². The Morgan fingerprint density at radius 3 is 2.47 bits per heavy atom. The molecular formula is C27H28N4O2S. The molecule has 0 bridgehead atoms. The smallest absolute Gasteiger partial charge is 0.259 e. The molecule has 0 N–H and O–H groups in total. The zero-order valence-corrected chi connectivity index (χ0v) is 20.5. The number of hydrogen-bond acceptors (Lipinski definition) is 5. The van der Waals surface area contributed by atoms with Crippen LogP contribution < -0.4 is 5.43 Å². The van der Waals surface area contributed by atoms with Crippen molar-refractivity contribution in [3.8, 4) is 0 Å². The van der Waals surface area contributed by atoms with Crippen molar-refractivity contribution in [1.29, 1.82) is 0 Å². The zero-order chi connectivity index (χ0) is 24.1. The molecule has 1 atom stereocenters. The third kappa shape index (κ3) is 5.15. The van der Waals surface area contributed by atoms with Crippen LogP contribution in [-0.4, -0.2) is 32.4 Å². The number of carbonyl (C=O) groups excluding carboxylic acids is 1. The van der Waals surface area contributed by atoms with E-state index in [0.717, 1.165) is 33.9 Å². The van der Waals surface area contributed by atoms with Crippen LogP contribution in [0.2, 0.25) is 0 Å². The highest BCUT2D eigenvalue weighted by molar-refractivity contribution is 7.09. The summed E-state index contributed by atoms with van der Waals surface area (Å²) in [5.41, 5.74) is 3.81. The number of rotatable bonds is 8. The average molecular weight is 473 g/mol. The molecule has 0 aliphatic rings. The Morgan fingerprint density at radius 1 is 1.06 bits per heavy atom. The second-order valence-electron chi connectivity index (χ2n) is 8.36. The van der Waals surface area contributed by atoms with Gasteiger partial charge in [0.2, 0.25) is 0 Å². The monoisotopic (exact) mass is 472 g/mol. The van der Waals surface area contributed by atoms with Gasteiger partial charge in [-0.25, -0.2) is 4.98 Å². The van der Waals surface area contributed by atoms with E-state index in [-0.39, 0.29) is 22.9 Å². The minimum atomic E-state index is -0.278. The fourth-order valence-electron chi connectivity index (χ4n) is 4.08. The van der Waals surface area contributed by atoms with Crippen molar-refractivity contribution in [3.63, 3.8) is 0 Å². The van der Waals surface area contributed by atoms with E-state index in [1.165, 1.54) is 11.3 Å². The average Bonchev–Trinajstić information content (AvgIpc) is 3.39. The molecular weight excluding hydrogens is 444 g/mol. The Bertz CT molecular complexity index is 1300. The van der Waals surface area contributed by atoms with Gasteiger partial charge in [-0.3, -0.25) is 14.6 Å². The molecule has 174 valence electrons. The Balaban J connectivity index is 1.77. The SMILES string of the molecule is Cc1cc(=O)c(C(=O)N(C)[C@@H](C)c2nccs2)c(CCc2ccccc2)n1Cc1ccncc1. The van der Waals surface area contributed by atoms with E-state index in [4.69, 9.17) is 0 Å². The van der Waals surface area contributed by atoms with Gasteiger partial charge in [-0.1, -0.05) is 30.3 Å². The Labute approximate surface area is 203 Å². The Hall–Kier alpha value is -3.58. The molecule has 3 heterocycles. The summed E-state index contributed by atoms with van der Waals surface area (Å²) in [5, 5.41) is 2.73. The summed E-state index contributed by atoms with van der Waals surface area (Å²) >= 11 is 1.50. The lowest BCUT2D eigenvalue weighted by molar-refractivity contribution is 0.0738. The predicted molar refractivity (Wildman–Crippen MR) is 135 cm³/mol. The molecule has 1 aromatic carbocycles. The van der Waals surface area contributed by atoms with Crippen molar-refractivity contribution in [2.24, 2.45) is 0 Å². The highest BCUT2D eigenvalue weighted by atomic mass is 32.1. The molecule has 0 fully saturated rings. The van der Waals surface area contributed by atoms with Gasteiger partial charge in [-0.15, -0.1) is 11.3 Å². The summed E-state index contributed by atoms with van der Waals surface area (Å²) in [5.74, 6) is -0.278. The second kappa shape index (κ2) is 10.6. The van der Waals surface area contributed by atoms with Gasteiger partial charge in [0.25, 0.3) is 5.91 Å². The lowest BCUT2D eigenvalue weighted by Crippen LogP contribution is -2.36. The number of benzene rings is 1. The molecule has 0 aliphatic carbocycles. The highest BCUT2D eigenvalue weighted by Crippen LogP contribution is 2.24. The topological polar surface area (TPSA) is 68.1 Å². The molecule has 0 saturated heterocycles. The lowest BCUT2D eigenvalue weighted by atomic mass is 10.0. The molecule has 6 nitrogen and oxygen atoms in total. The van der Waals surface area contributed by atoms with Crippen LogP contribution in [0.25, 0.3) is 0 Å². The molecule has 0 spiro atoms. The number of hydrogen-bond donors (Lipinski definition) is 0. The molecule has 0 saturated carbocycles. The normalized spacial score (nSPS) is 11.9. The van der Waals surface area contributed by atoms with E-state index < -0.39 is 0 Å². The van der Waals surface area contributed by atoms with E-state index in [2.05, 4.69) is 26.7 Å². The van der Waals surface area contributed by atoms with Crippen molar-refractivity contribution < 1.29 is 4.79 Å². The van der Waals surface area contributed by atoms with Crippen LogP contribution in [0.4, 0.5) is 0 Å². The van der Waals surface area contributed by atoms with Gasteiger partial charge in [-0.2, -0.15) is 0 Å². The molecule has 3 aromatic heterocycles. The first-order valence-corrected chi connectivity index (χ1v) is 12.2. The molecule has 4 aromatic rings. The number of pyridine rings is 2. The maximum atomic E-state index is 13.7. The van der Waals surface area contributed by atoms with Crippen LogP contribution >= 0.6 is 11.3 Å². The molecule has 7 heteroatoms. The molecule has 34 heavy (non-hydrogen) atoms. The quantitative estimate of drug-likeness (QED) is 0.374. The number of thiazole rings is 1. The third-order valence-corrected chi connectivity index (χ3v) is 7.08. The van der Waals surface area contributed by atoms with E-state index >= 15 is 0 Å². The van der Waals surface area contributed by atoms with Crippen molar-refractivity contribution in [3.05, 3.63) is 116 Å². The van der Waals surface area contributed by atoms with Gasteiger partial charge in [-0.05, 0) is 49.9 Å². The molecule has 1 amide bonds. The summed E-state index contributed by atoms with van der Waals surface area (Å²) in [4.78, 5) is 37.1. The van der Waals surface area contributed by atoms with E-state index in [1.54, 1.807) is 36.6 Å². The fourth-order valence-corrected chi connectivity index (χ4v) is 4.81. The van der Waals surface area contributed by atoms with Crippen LogP contribution in [-0.2, 0) is 19.4 Å². The standard InChI is InChI=1S/C27H28N4O2S/c1-19-17-24(32)25(27(33)30(3)20(2)26-29-15-16-34-26)23(10-9-21-7-5-4-6-8-21)31(19)18-22-11-13-28-14-12-22/h4-8,11-17,20H,9-10,18H2,1-3H3/t20-/m0/s1. The van der Waals surface area contributed by atoms with Gasteiger partial charge >= 0.3 is 0 Å². The van der Waals surface area contributed by atoms with Crippen LogP contribution in [0.15, 0.2) is 77.3 Å². The zero-order valence-electron chi connectivity index (χ0n) is 19.6. The number of aromatic nitrogens is 3. The van der Waals surface area contributed by atoms with Gasteiger partial charge in [0.1, 0.15) is 10.6 Å². The van der Waals surface area contributed by atoms with E-state index in [0.29, 0.717) is 13.0 Å². The minimum absolute atomic E-state index is 0.233. The Morgan fingerprint density at radius 2 is 1.79 bits per heavy atom. The number of carbonyl (C=O) groups is 1. The number of aryl methyl sites for hydroxylation is 2. The third-order valence-electron chi connectivity index (χ3n) is 6.13. The maximum Gasteiger partial charge on any atom is 0.259 e. The van der Waals surface area contributed by atoms with Gasteiger partial charge in [0, 0.05) is 55.0 Å². The van der Waals surface area contributed by atoms with E-state index in [1.807, 2.05) is 49.6 Å². The predicted octanol–water partition coefficient (Wildman–Crippen LogP) is 4.67. The van der Waals surface area contributed by atoms with Gasteiger partial charge in [0.15, 0.2) is 5.43 Å². The summed E-state index contributed by atoms with van der Waals surface area (Å²) in [7, 11) is 1.74. The summed E-state index contributed by atoms with van der Waals surface area (Å²) in [6.45, 7) is 4.42. The molecule has 0 radical (unpaired) electrons. The second-order valence-corrected chi connectivity index (χ2v) is 9.29. The van der Waals surface area contributed by atoms with Crippen LogP contribution in [0.3, 0.4) is 0 Å². The van der Waals surface area contributed by atoms with Gasteiger partial charge in [0.05, 0.1) is 6.04 Å². The highest BCUT2D eigenvalue weighted by Gasteiger charge is 2.27. The van der Waals surface area contributed by atoms with Crippen LogP contribution in [0.1, 0.15) is 50.8 Å². The summed E-state index contributed by atoms with van der Waals surface area (Å²) in [6.07, 6.45) is 6.55. The first kappa shape index (κ1) is 23.6. The first-order valence-electron chi connectivity index (χ1n) is 11.3. The fraction of sp³-hybridized carbons (Fsp3) is 0.259. The van der Waals surface area contributed by atoms with Crippen LogP contribution in [0.5, 0.6) is 0 Å². The molecule has 4 rings (SSSR count). The number of nitrogens with zero attached hydrogens (tertiary/aromatic N) is 4. The maximum absolute atomic E-state index is 13.7. The molecule has 0 unspecified atom stereocenters.